The molecule has 0 aromatic heterocycles. The molecule has 0 aromatic carbocycles. The summed E-state index contributed by atoms with van der Waals surface area (Å²) in [6.45, 7) is 3.42. The van der Waals surface area contributed by atoms with Crippen LogP contribution >= 0.6 is 0 Å². The van der Waals surface area contributed by atoms with Crippen molar-refractivity contribution in [1.82, 2.24) is 10.2 Å². The fourth-order valence-corrected chi connectivity index (χ4v) is 2.35. The molecule has 17 heavy (non-hydrogen) atoms. The molecule has 5 heteroatoms. The fourth-order valence-electron chi connectivity index (χ4n) is 2.35. The van der Waals surface area contributed by atoms with Crippen LogP contribution in [0.1, 0.15) is 19.8 Å². The first-order chi connectivity index (χ1) is 8.11. The van der Waals surface area contributed by atoms with E-state index in [1.807, 2.05) is 6.92 Å². The molecule has 2 amide bonds. The Balaban J connectivity index is 1.95. The number of piperazine rings is 1. The van der Waals surface area contributed by atoms with Gasteiger partial charge in [-0.3, -0.25) is 9.59 Å². The number of carbonyl (C=O) groups excluding carboxylic acids is 2. The Morgan fingerprint density at radius 2 is 2.18 bits per heavy atom. The lowest BCUT2D eigenvalue weighted by atomic mass is 10.1. The number of amides is 2. The van der Waals surface area contributed by atoms with Crippen LogP contribution < -0.4 is 5.32 Å². The van der Waals surface area contributed by atoms with E-state index in [9.17, 15) is 9.59 Å². The molecule has 2 atom stereocenters. The second-order valence-corrected chi connectivity index (χ2v) is 5.16. The maximum absolute atomic E-state index is 12.2. The molecule has 0 radical (unpaired) electrons. The van der Waals surface area contributed by atoms with Gasteiger partial charge in [0.15, 0.2) is 0 Å². The summed E-state index contributed by atoms with van der Waals surface area (Å²) in [6.07, 6.45) is 2.11. The first kappa shape index (κ1) is 12.4. The van der Waals surface area contributed by atoms with Gasteiger partial charge >= 0.3 is 0 Å². The molecular formula is C12H20N2O3. The van der Waals surface area contributed by atoms with E-state index in [4.69, 9.17) is 4.74 Å². The van der Waals surface area contributed by atoms with Gasteiger partial charge in [0.25, 0.3) is 0 Å². The first-order valence-corrected chi connectivity index (χ1v) is 6.19. The van der Waals surface area contributed by atoms with Crippen LogP contribution in [-0.2, 0) is 14.3 Å². The van der Waals surface area contributed by atoms with E-state index in [1.165, 1.54) is 0 Å². The summed E-state index contributed by atoms with van der Waals surface area (Å²) < 4.78 is 5.06. The van der Waals surface area contributed by atoms with Crippen molar-refractivity contribution in [2.45, 2.75) is 25.8 Å². The van der Waals surface area contributed by atoms with Crippen LogP contribution in [-0.4, -0.2) is 49.6 Å². The highest BCUT2D eigenvalue weighted by Crippen LogP contribution is 2.34. The Morgan fingerprint density at radius 3 is 2.76 bits per heavy atom. The normalized spacial score (nSPS) is 26.9. The van der Waals surface area contributed by atoms with Gasteiger partial charge in [-0.1, -0.05) is 6.92 Å². The molecule has 0 spiro atoms. The number of nitrogens with zero attached hydrogens (tertiary/aromatic N) is 1. The zero-order chi connectivity index (χ0) is 12.4. The molecule has 1 heterocycles. The topological polar surface area (TPSA) is 58.6 Å². The second-order valence-electron chi connectivity index (χ2n) is 5.16. The highest BCUT2D eigenvalue weighted by Gasteiger charge is 2.42. The van der Waals surface area contributed by atoms with Gasteiger partial charge in [0.1, 0.15) is 6.04 Å². The Bertz CT molecular complexity index is 315. The lowest BCUT2D eigenvalue weighted by Gasteiger charge is -2.34. The summed E-state index contributed by atoms with van der Waals surface area (Å²) in [5.74, 6) is 0.669. The Hall–Kier alpha value is -1.10. The number of carbonyl (C=O) groups is 2. The van der Waals surface area contributed by atoms with Gasteiger partial charge in [-0.15, -0.1) is 0 Å². The lowest BCUT2D eigenvalue weighted by molar-refractivity contribution is -0.145. The Kier molecular flexibility index (Phi) is 3.66. The van der Waals surface area contributed by atoms with Crippen LogP contribution in [0.2, 0.25) is 0 Å². The van der Waals surface area contributed by atoms with Crippen LogP contribution in [0.25, 0.3) is 0 Å². The highest BCUT2D eigenvalue weighted by molar-refractivity contribution is 5.95. The van der Waals surface area contributed by atoms with Crippen LogP contribution in [0.4, 0.5) is 0 Å². The average molecular weight is 240 g/mol. The molecule has 1 saturated heterocycles. The van der Waals surface area contributed by atoms with Gasteiger partial charge in [-0.25, -0.2) is 0 Å². The van der Waals surface area contributed by atoms with E-state index in [-0.39, 0.29) is 30.3 Å². The van der Waals surface area contributed by atoms with Crippen molar-refractivity contribution in [3.8, 4) is 0 Å². The Labute approximate surface area is 101 Å². The third-order valence-corrected chi connectivity index (χ3v) is 3.31. The molecular weight excluding hydrogens is 220 g/mol. The van der Waals surface area contributed by atoms with Crippen molar-refractivity contribution in [3.63, 3.8) is 0 Å². The molecule has 2 rings (SSSR count). The monoisotopic (exact) mass is 240 g/mol. The van der Waals surface area contributed by atoms with Crippen molar-refractivity contribution in [1.29, 1.82) is 0 Å². The van der Waals surface area contributed by atoms with Gasteiger partial charge < -0.3 is 15.0 Å². The van der Waals surface area contributed by atoms with E-state index in [0.29, 0.717) is 19.1 Å². The van der Waals surface area contributed by atoms with Crippen molar-refractivity contribution in [2.75, 3.05) is 26.8 Å². The minimum Gasteiger partial charge on any atom is -0.384 e. The SMILES string of the molecule is COCC(C)CN1CC(=O)NC(C2CC2)C1=O. The molecule has 5 nitrogen and oxygen atoms in total. The molecule has 1 N–H and O–H groups in total. The Morgan fingerprint density at radius 1 is 1.47 bits per heavy atom. The standard InChI is InChI=1S/C12H20N2O3/c1-8(7-17-2)5-14-6-10(15)13-11(12(14)16)9-3-4-9/h8-9,11H,3-7H2,1-2H3,(H,13,15). The molecule has 1 aliphatic carbocycles. The second kappa shape index (κ2) is 5.04. The van der Waals surface area contributed by atoms with Gasteiger partial charge in [0, 0.05) is 13.7 Å². The van der Waals surface area contributed by atoms with Gasteiger partial charge in [-0.05, 0) is 24.7 Å². The summed E-state index contributed by atoms with van der Waals surface area (Å²) in [7, 11) is 1.65. The van der Waals surface area contributed by atoms with Crippen molar-refractivity contribution < 1.29 is 14.3 Å². The van der Waals surface area contributed by atoms with Crippen LogP contribution in [0.3, 0.4) is 0 Å². The number of hydrogen-bond donors (Lipinski definition) is 1. The number of nitrogens with one attached hydrogen (secondary N) is 1. The average Bonchev–Trinajstić information content (AvgIpc) is 3.07. The molecule has 1 saturated carbocycles. The summed E-state index contributed by atoms with van der Waals surface area (Å²) in [5, 5.41) is 2.80. The minimum absolute atomic E-state index is 0.0360. The molecule has 96 valence electrons. The van der Waals surface area contributed by atoms with Crippen LogP contribution in [0, 0.1) is 11.8 Å². The lowest BCUT2D eigenvalue weighted by Crippen LogP contribution is -2.59. The zero-order valence-corrected chi connectivity index (χ0v) is 10.4. The van der Waals surface area contributed by atoms with E-state index >= 15 is 0 Å². The van der Waals surface area contributed by atoms with Crippen molar-refractivity contribution in [2.24, 2.45) is 11.8 Å². The maximum Gasteiger partial charge on any atom is 0.245 e. The number of ether oxygens (including phenoxy) is 1. The van der Waals surface area contributed by atoms with Gasteiger partial charge in [0.2, 0.25) is 11.8 Å². The van der Waals surface area contributed by atoms with E-state index in [0.717, 1.165) is 12.8 Å². The largest absolute Gasteiger partial charge is 0.384 e. The predicted molar refractivity (Wildman–Crippen MR) is 62.3 cm³/mol. The molecule has 1 aliphatic heterocycles. The number of rotatable bonds is 5. The first-order valence-electron chi connectivity index (χ1n) is 6.19. The third-order valence-electron chi connectivity index (χ3n) is 3.31. The van der Waals surface area contributed by atoms with Gasteiger partial charge in [0.05, 0.1) is 13.2 Å². The van der Waals surface area contributed by atoms with Crippen molar-refractivity contribution >= 4 is 11.8 Å². The molecule has 2 unspecified atom stereocenters. The summed E-state index contributed by atoms with van der Waals surface area (Å²) in [5.41, 5.74) is 0. The zero-order valence-electron chi connectivity index (χ0n) is 10.4. The number of hydrogen-bond acceptors (Lipinski definition) is 3. The van der Waals surface area contributed by atoms with E-state index in [2.05, 4.69) is 5.32 Å². The summed E-state index contributed by atoms with van der Waals surface area (Å²) in [6, 6.07) is -0.272. The maximum atomic E-state index is 12.2. The smallest absolute Gasteiger partial charge is 0.245 e. The van der Waals surface area contributed by atoms with E-state index in [1.54, 1.807) is 12.0 Å². The summed E-state index contributed by atoms with van der Waals surface area (Å²) >= 11 is 0. The fraction of sp³-hybridized carbons (Fsp3) is 0.833. The van der Waals surface area contributed by atoms with Gasteiger partial charge in [-0.2, -0.15) is 0 Å². The number of methoxy groups -OCH3 is 1. The predicted octanol–water partition coefficient (Wildman–Crippen LogP) is 0.00590. The quantitative estimate of drug-likeness (QED) is 0.736. The molecule has 0 bridgehead atoms. The minimum atomic E-state index is -0.272. The highest BCUT2D eigenvalue weighted by atomic mass is 16.5. The van der Waals surface area contributed by atoms with E-state index < -0.39 is 0 Å². The molecule has 0 aromatic rings. The van der Waals surface area contributed by atoms with Crippen LogP contribution in [0.5, 0.6) is 0 Å². The van der Waals surface area contributed by atoms with Crippen molar-refractivity contribution in [3.05, 3.63) is 0 Å². The molecule has 2 aliphatic rings. The van der Waals surface area contributed by atoms with Crippen LogP contribution in [0.15, 0.2) is 0 Å². The summed E-state index contributed by atoms with van der Waals surface area (Å²) in [4.78, 5) is 25.4. The third kappa shape index (κ3) is 2.97. The molecule has 2 fully saturated rings.